The number of halogens is 1. The first-order valence-electron chi connectivity index (χ1n) is 4.96. The van der Waals surface area contributed by atoms with Gasteiger partial charge in [-0.2, -0.15) is 0 Å². The molecular formula is C11H14FNO3. The maximum absolute atomic E-state index is 13.3. The summed E-state index contributed by atoms with van der Waals surface area (Å²) in [6, 6.07) is 3.87. The molecule has 0 saturated carbocycles. The van der Waals surface area contributed by atoms with Crippen LogP contribution in [-0.4, -0.2) is 28.8 Å². The van der Waals surface area contributed by atoms with Crippen LogP contribution in [0.3, 0.4) is 0 Å². The Kier molecular flexibility index (Phi) is 4.25. The third kappa shape index (κ3) is 3.20. The number of hydrogen-bond acceptors (Lipinski definition) is 3. The molecule has 0 spiro atoms. The van der Waals surface area contributed by atoms with E-state index < -0.39 is 17.9 Å². The van der Waals surface area contributed by atoms with Crippen molar-refractivity contribution in [1.29, 1.82) is 0 Å². The molecule has 4 nitrogen and oxygen atoms in total. The summed E-state index contributed by atoms with van der Waals surface area (Å²) in [5, 5.41) is 20.5. The molecule has 0 aliphatic carbocycles. The molecule has 88 valence electrons. The normalized spacial score (nSPS) is 12.2. The van der Waals surface area contributed by atoms with Crippen molar-refractivity contribution in [3.05, 3.63) is 29.6 Å². The summed E-state index contributed by atoms with van der Waals surface area (Å²) in [6.45, 7) is 1.93. The maximum Gasteiger partial charge on any atom is 0.337 e. The highest BCUT2D eigenvalue weighted by Gasteiger charge is 2.13. The minimum absolute atomic E-state index is 0.0318. The molecule has 1 aromatic carbocycles. The van der Waals surface area contributed by atoms with Crippen molar-refractivity contribution < 1.29 is 19.4 Å². The van der Waals surface area contributed by atoms with E-state index in [1.807, 2.05) is 0 Å². The SMILES string of the molecule is CC(O)CCNc1c(F)cccc1C(=O)O. The Hall–Kier alpha value is -1.62. The van der Waals surface area contributed by atoms with Crippen molar-refractivity contribution in [2.24, 2.45) is 0 Å². The zero-order valence-corrected chi connectivity index (χ0v) is 8.90. The molecule has 1 unspecified atom stereocenters. The van der Waals surface area contributed by atoms with Gasteiger partial charge in [-0.05, 0) is 25.5 Å². The largest absolute Gasteiger partial charge is 0.478 e. The van der Waals surface area contributed by atoms with Crippen LogP contribution in [0.15, 0.2) is 18.2 Å². The number of para-hydroxylation sites is 1. The Morgan fingerprint density at radius 2 is 2.25 bits per heavy atom. The molecule has 0 saturated heterocycles. The van der Waals surface area contributed by atoms with Crippen LogP contribution < -0.4 is 5.32 Å². The average Bonchev–Trinajstić information content (AvgIpc) is 2.19. The van der Waals surface area contributed by atoms with E-state index in [4.69, 9.17) is 10.2 Å². The highest BCUT2D eigenvalue weighted by molar-refractivity contribution is 5.94. The van der Waals surface area contributed by atoms with E-state index in [2.05, 4.69) is 5.32 Å². The number of carbonyl (C=O) groups is 1. The lowest BCUT2D eigenvalue weighted by Gasteiger charge is -2.11. The van der Waals surface area contributed by atoms with Gasteiger partial charge >= 0.3 is 5.97 Å². The summed E-state index contributed by atoms with van der Waals surface area (Å²) in [4.78, 5) is 10.8. The number of anilines is 1. The van der Waals surface area contributed by atoms with Crippen LogP contribution in [0.2, 0.25) is 0 Å². The van der Waals surface area contributed by atoms with Gasteiger partial charge in [-0.3, -0.25) is 0 Å². The summed E-state index contributed by atoms with van der Waals surface area (Å²) in [7, 11) is 0. The third-order valence-corrected chi connectivity index (χ3v) is 2.11. The number of carboxylic acid groups (broad SMARTS) is 1. The van der Waals surface area contributed by atoms with Gasteiger partial charge in [-0.15, -0.1) is 0 Å². The molecule has 5 heteroatoms. The first-order chi connectivity index (χ1) is 7.52. The number of nitrogens with one attached hydrogen (secondary N) is 1. The lowest BCUT2D eigenvalue weighted by Crippen LogP contribution is -2.13. The fraction of sp³-hybridized carbons (Fsp3) is 0.364. The zero-order chi connectivity index (χ0) is 12.1. The van der Waals surface area contributed by atoms with Crippen molar-refractivity contribution in [2.75, 3.05) is 11.9 Å². The lowest BCUT2D eigenvalue weighted by atomic mass is 10.1. The van der Waals surface area contributed by atoms with Gasteiger partial charge in [0.15, 0.2) is 0 Å². The Labute approximate surface area is 92.7 Å². The van der Waals surface area contributed by atoms with Crippen LogP contribution in [0.1, 0.15) is 23.7 Å². The minimum Gasteiger partial charge on any atom is -0.478 e. The van der Waals surface area contributed by atoms with Gasteiger partial charge in [0.05, 0.1) is 17.4 Å². The van der Waals surface area contributed by atoms with E-state index >= 15 is 0 Å². The van der Waals surface area contributed by atoms with E-state index in [1.165, 1.54) is 18.2 Å². The smallest absolute Gasteiger partial charge is 0.337 e. The number of aliphatic hydroxyl groups is 1. The minimum atomic E-state index is -1.18. The van der Waals surface area contributed by atoms with Gasteiger partial charge in [0.25, 0.3) is 0 Å². The molecule has 0 aliphatic rings. The number of rotatable bonds is 5. The molecule has 3 N–H and O–H groups in total. The predicted octanol–water partition coefficient (Wildman–Crippen LogP) is 1.71. The Morgan fingerprint density at radius 1 is 1.56 bits per heavy atom. The molecule has 1 rings (SSSR count). The first-order valence-corrected chi connectivity index (χ1v) is 4.96. The second-order valence-electron chi connectivity index (χ2n) is 3.53. The molecule has 16 heavy (non-hydrogen) atoms. The fourth-order valence-electron chi connectivity index (χ4n) is 1.29. The monoisotopic (exact) mass is 227 g/mol. The predicted molar refractivity (Wildman–Crippen MR) is 58.1 cm³/mol. The second kappa shape index (κ2) is 5.46. The molecular weight excluding hydrogens is 213 g/mol. The number of carboxylic acids is 1. The highest BCUT2D eigenvalue weighted by Crippen LogP contribution is 2.19. The van der Waals surface area contributed by atoms with Crippen molar-refractivity contribution in [3.8, 4) is 0 Å². The number of benzene rings is 1. The van der Waals surface area contributed by atoms with Gasteiger partial charge in [0.1, 0.15) is 5.82 Å². The van der Waals surface area contributed by atoms with E-state index in [9.17, 15) is 9.18 Å². The molecule has 0 heterocycles. The standard InChI is InChI=1S/C11H14FNO3/c1-7(14)5-6-13-10-8(11(15)16)3-2-4-9(10)12/h2-4,7,13-14H,5-6H2,1H3,(H,15,16). The topological polar surface area (TPSA) is 69.6 Å². The van der Waals surface area contributed by atoms with Gasteiger partial charge in [0, 0.05) is 6.54 Å². The Balaban J connectivity index is 2.80. The van der Waals surface area contributed by atoms with Crippen molar-refractivity contribution in [2.45, 2.75) is 19.4 Å². The van der Waals surface area contributed by atoms with Crippen LogP contribution in [0.25, 0.3) is 0 Å². The Bertz CT molecular complexity index is 379. The summed E-state index contributed by atoms with van der Waals surface area (Å²) < 4.78 is 13.3. The highest BCUT2D eigenvalue weighted by atomic mass is 19.1. The second-order valence-corrected chi connectivity index (χ2v) is 3.53. The van der Waals surface area contributed by atoms with Gasteiger partial charge in [0.2, 0.25) is 0 Å². The average molecular weight is 227 g/mol. The van der Waals surface area contributed by atoms with Crippen LogP contribution in [0.5, 0.6) is 0 Å². The molecule has 1 aromatic rings. The van der Waals surface area contributed by atoms with E-state index in [-0.39, 0.29) is 11.3 Å². The van der Waals surface area contributed by atoms with Gasteiger partial charge in [-0.25, -0.2) is 9.18 Å². The van der Waals surface area contributed by atoms with Crippen LogP contribution in [0.4, 0.5) is 10.1 Å². The van der Waals surface area contributed by atoms with Crippen LogP contribution in [-0.2, 0) is 0 Å². The van der Waals surface area contributed by atoms with E-state index in [0.717, 1.165) is 0 Å². The summed E-state index contributed by atoms with van der Waals surface area (Å²) in [5.74, 6) is -1.79. The molecule has 1 atom stereocenters. The third-order valence-electron chi connectivity index (χ3n) is 2.11. The van der Waals surface area contributed by atoms with Gasteiger partial charge < -0.3 is 15.5 Å². The van der Waals surface area contributed by atoms with Crippen LogP contribution in [0, 0.1) is 5.82 Å². The maximum atomic E-state index is 13.3. The molecule has 0 aliphatic heterocycles. The first kappa shape index (κ1) is 12.4. The number of aromatic carboxylic acids is 1. The van der Waals surface area contributed by atoms with E-state index in [0.29, 0.717) is 13.0 Å². The summed E-state index contributed by atoms with van der Waals surface area (Å²) in [6.07, 6.45) is -0.0829. The van der Waals surface area contributed by atoms with Crippen molar-refractivity contribution >= 4 is 11.7 Å². The van der Waals surface area contributed by atoms with Crippen molar-refractivity contribution in [3.63, 3.8) is 0 Å². The molecule has 0 bridgehead atoms. The molecule has 0 radical (unpaired) electrons. The number of aliphatic hydroxyl groups excluding tert-OH is 1. The number of hydrogen-bond donors (Lipinski definition) is 3. The van der Waals surface area contributed by atoms with Crippen molar-refractivity contribution in [1.82, 2.24) is 0 Å². The zero-order valence-electron chi connectivity index (χ0n) is 8.90. The molecule has 0 amide bonds. The Morgan fingerprint density at radius 3 is 2.81 bits per heavy atom. The molecule has 0 aromatic heterocycles. The lowest BCUT2D eigenvalue weighted by molar-refractivity contribution is 0.0697. The summed E-state index contributed by atoms with van der Waals surface area (Å²) >= 11 is 0. The quantitative estimate of drug-likeness (QED) is 0.716. The fourth-order valence-corrected chi connectivity index (χ4v) is 1.29. The summed E-state index contributed by atoms with van der Waals surface area (Å²) in [5.41, 5.74) is -0.138. The van der Waals surface area contributed by atoms with Crippen LogP contribution >= 0.6 is 0 Å². The van der Waals surface area contributed by atoms with E-state index in [1.54, 1.807) is 6.92 Å². The van der Waals surface area contributed by atoms with Gasteiger partial charge in [-0.1, -0.05) is 6.07 Å². The molecule has 0 fully saturated rings.